The van der Waals surface area contributed by atoms with Crippen LogP contribution in [0.25, 0.3) is 0 Å². The number of thiocarbonyl (C=S) groups is 1. The van der Waals surface area contributed by atoms with Gasteiger partial charge >= 0.3 is 0 Å². The Hall–Kier alpha value is -2.70. The first-order chi connectivity index (χ1) is 16.3. The van der Waals surface area contributed by atoms with E-state index in [2.05, 4.69) is 61.9 Å². The van der Waals surface area contributed by atoms with Gasteiger partial charge in [-0.1, -0.05) is 6.07 Å². The molecular weight excluding hydrogens is 565 g/mol. The first kappa shape index (κ1) is 24.4. The van der Waals surface area contributed by atoms with Gasteiger partial charge in [0.1, 0.15) is 12.4 Å². The lowest BCUT2D eigenvalue weighted by Crippen LogP contribution is -2.30. The highest BCUT2D eigenvalue weighted by Gasteiger charge is 2.43. The summed E-state index contributed by atoms with van der Waals surface area (Å²) in [6.45, 7) is 4.08. The number of aryl methyl sites for hydroxylation is 2. The summed E-state index contributed by atoms with van der Waals surface area (Å²) in [6, 6.07) is 11.2. The Labute approximate surface area is 217 Å². The topological polar surface area (TPSA) is 91.5 Å². The molecular formula is C24H26IN5O3S. The summed E-state index contributed by atoms with van der Waals surface area (Å²) in [7, 11) is 3.05. The molecule has 1 amide bonds. The van der Waals surface area contributed by atoms with Gasteiger partial charge in [0.05, 0.1) is 30.6 Å². The maximum absolute atomic E-state index is 12.2. The minimum absolute atomic E-state index is 0.0541. The molecule has 2 atom stereocenters. The quantitative estimate of drug-likeness (QED) is 0.277. The number of H-pyrrole nitrogens is 1. The molecule has 34 heavy (non-hydrogen) atoms. The van der Waals surface area contributed by atoms with Crippen LogP contribution in [0.5, 0.6) is 5.75 Å². The van der Waals surface area contributed by atoms with Crippen molar-refractivity contribution in [2.45, 2.75) is 25.9 Å². The smallest absolute Gasteiger partial charge is 0.250 e. The molecule has 3 N–H and O–H groups in total. The number of hydrogen-bond donors (Lipinski definition) is 3. The number of carbonyl (C=O) groups excluding carboxylic acids is 1. The Balaban J connectivity index is 1.84. The predicted octanol–water partition coefficient (Wildman–Crippen LogP) is 4.40. The van der Waals surface area contributed by atoms with E-state index in [0.29, 0.717) is 16.5 Å². The maximum Gasteiger partial charge on any atom is 0.250 e. The molecule has 2 aromatic heterocycles. The Kier molecular flexibility index (Phi) is 7.39. The molecule has 3 heterocycles. The Morgan fingerprint density at radius 3 is 2.65 bits per heavy atom. The molecule has 1 saturated heterocycles. The number of rotatable bonds is 7. The molecule has 0 unspecified atom stereocenters. The summed E-state index contributed by atoms with van der Waals surface area (Å²) in [5, 5.41) is 6.92. The second kappa shape index (κ2) is 10.3. The third-order valence-electron chi connectivity index (χ3n) is 5.75. The highest BCUT2D eigenvalue weighted by Crippen LogP contribution is 2.45. The number of aromatic amines is 1. The molecule has 1 aromatic carbocycles. The van der Waals surface area contributed by atoms with Crippen LogP contribution in [0.15, 0.2) is 42.6 Å². The average Bonchev–Trinajstić information content (AvgIpc) is 3.28. The van der Waals surface area contributed by atoms with Crippen LogP contribution in [0.3, 0.4) is 0 Å². The molecule has 10 heteroatoms. The van der Waals surface area contributed by atoms with Gasteiger partial charge in [0.15, 0.2) is 5.11 Å². The Bertz CT molecular complexity index is 1220. The molecule has 4 rings (SSSR count). The molecule has 178 valence electrons. The zero-order valence-corrected chi connectivity index (χ0v) is 22.3. The lowest BCUT2D eigenvalue weighted by atomic mass is 9.96. The third-order valence-corrected chi connectivity index (χ3v) is 7.45. The van der Waals surface area contributed by atoms with Crippen molar-refractivity contribution in [3.63, 3.8) is 0 Å². The van der Waals surface area contributed by atoms with Crippen LogP contribution in [0.2, 0.25) is 0 Å². The Morgan fingerprint density at radius 2 is 2.03 bits per heavy atom. The molecule has 1 aliphatic heterocycles. The van der Waals surface area contributed by atoms with Crippen LogP contribution in [0, 0.1) is 17.4 Å². The van der Waals surface area contributed by atoms with Gasteiger partial charge in [-0.2, -0.15) is 0 Å². The summed E-state index contributed by atoms with van der Waals surface area (Å²) >= 11 is 8.22. The van der Waals surface area contributed by atoms with E-state index in [4.69, 9.17) is 21.7 Å². The fourth-order valence-electron chi connectivity index (χ4n) is 4.31. The van der Waals surface area contributed by atoms with Crippen molar-refractivity contribution in [1.29, 1.82) is 0 Å². The van der Waals surface area contributed by atoms with E-state index in [1.165, 1.54) is 7.11 Å². The molecule has 8 nitrogen and oxygen atoms in total. The number of carbonyl (C=O) groups is 1. The highest BCUT2D eigenvalue weighted by molar-refractivity contribution is 14.1. The molecule has 0 saturated carbocycles. The predicted molar refractivity (Wildman–Crippen MR) is 144 cm³/mol. The molecule has 1 fully saturated rings. The van der Waals surface area contributed by atoms with Crippen molar-refractivity contribution < 1.29 is 14.3 Å². The third kappa shape index (κ3) is 4.62. The van der Waals surface area contributed by atoms with Crippen LogP contribution in [-0.2, 0) is 9.53 Å². The van der Waals surface area contributed by atoms with Crippen molar-refractivity contribution in [2.75, 3.05) is 31.0 Å². The van der Waals surface area contributed by atoms with Crippen LogP contribution in [0.4, 0.5) is 11.4 Å². The van der Waals surface area contributed by atoms with Crippen LogP contribution in [-0.4, -0.2) is 41.8 Å². The van der Waals surface area contributed by atoms with Crippen molar-refractivity contribution in [1.82, 2.24) is 15.3 Å². The molecule has 0 radical (unpaired) electrons. The van der Waals surface area contributed by atoms with Crippen molar-refractivity contribution in [2.24, 2.45) is 0 Å². The van der Waals surface area contributed by atoms with Gasteiger partial charge in [-0.05, 0) is 79.0 Å². The van der Waals surface area contributed by atoms with Crippen molar-refractivity contribution in [3.05, 3.63) is 68.8 Å². The van der Waals surface area contributed by atoms with Gasteiger partial charge in [0.25, 0.3) is 0 Å². The number of pyridine rings is 1. The molecule has 0 aliphatic carbocycles. The summed E-state index contributed by atoms with van der Waals surface area (Å²) in [5.41, 5.74) is 5.60. The van der Waals surface area contributed by atoms with E-state index >= 15 is 0 Å². The second-order valence-electron chi connectivity index (χ2n) is 7.97. The number of nitrogens with zero attached hydrogens (tertiary/aromatic N) is 2. The van der Waals surface area contributed by atoms with Gasteiger partial charge in [-0.3, -0.25) is 9.78 Å². The van der Waals surface area contributed by atoms with E-state index in [9.17, 15) is 4.79 Å². The number of nitrogens with one attached hydrogen (secondary N) is 3. The molecule has 1 aliphatic rings. The minimum Gasteiger partial charge on any atom is -0.495 e. The van der Waals surface area contributed by atoms with E-state index in [1.54, 1.807) is 13.3 Å². The zero-order chi connectivity index (χ0) is 24.4. The number of anilines is 2. The lowest BCUT2D eigenvalue weighted by Gasteiger charge is -2.29. The van der Waals surface area contributed by atoms with Gasteiger partial charge < -0.3 is 30.0 Å². The maximum atomic E-state index is 12.2. The number of methoxy groups -OCH3 is 2. The molecule has 3 aromatic rings. The standard InChI is InChI=1S/C24H26IN5O3S/c1-13-20(21(25)14(2)27-13)23-22(16-7-5-6-10-26-16)29-24(34)30(23)15-8-9-18(33-4)17(11-15)28-19(31)12-32-3/h5-11,22-23,27H,12H2,1-4H3,(H,28,31)(H,29,34)/t22-,23-/m1/s1. The number of benzene rings is 1. The average molecular weight is 591 g/mol. The summed E-state index contributed by atoms with van der Waals surface area (Å²) < 4.78 is 11.6. The zero-order valence-electron chi connectivity index (χ0n) is 19.3. The number of halogens is 1. The fraction of sp³-hybridized carbons (Fsp3) is 0.292. The number of amides is 1. The second-order valence-corrected chi connectivity index (χ2v) is 9.43. The monoisotopic (exact) mass is 591 g/mol. The summed E-state index contributed by atoms with van der Waals surface area (Å²) in [6.07, 6.45) is 1.79. The highest BCUT2D eigenvalue weighted by atomic mass is 127. The molecule has 0 spiro atoms. The Morgan fingerprint density at radius 1 is 1.24 bits per heavy atom. The number of hydrogen-bond acceptors (Lipinski definition) is 5. The SMILES string of the molecule is COCC(=O)Nc1cc(N2C(=S)N[C@H](c3ccccn3)[C@H]2c2c(C)[nH]c(C)c2I)ccc1OC. The van der Waals surface area contributed by atoms with Gasteiger partial charge in [0, 0.05) is 39.5 Å². The van der Waals surface area contributed by atoms with E-state index < -0.39 is 0 Å². The minimum atomic E-state index is -0.269. The van der Waals surface area contributed by atoms with Crippen molar-refractivity contribution >= 4 is 57.2 Å². The number of aromatic nitrogens is 2. The molecule has 0 bridgehead atoms. The largest absolute Gasteiger partial charge is 0.495 e. The van der Waals surface area contributed by atoms with Crippen LogP contribution < -0.4 is 20.3 Å². The first-order valence-electron chi connectivity index (χ1n) is 10.7. The lowest BCUT2D eigenvalue weighted by molar-refractivity contribution is -0.119. The van der Waals surface area contributed by atoms with Crippen LogP contribution >= 0.6 is 34.8 Å². The van der Waals surface area contributed by atoms with E-state index in [-0.39, 0.29) is 24.6 Å². The fourth-order valence-corrected chi connectivity index (χ4v) is 5.51. The normalized spacial score (nSPS) is 17.6. The first-order valence-corrected chi connectivity index (χ1v) is 12.2. The van der Waals surface area contributed by atoms with Crippen LogP contribution in [0.1, 0.15) is 34.7 Å². The van der Waals surface area contributed by atoms with E-state index in [0.717, 1.165) is 31.9 Å². The number of ether oxygens (including phenoxy) is 2. The van der Waals surface area contributed by atoms with Gasteiger partial charge in [-0.25, -0.2) is 0 Å². The summed E-state index contributed by atoms with van der Waals surface area (Å²) in [4.78, 5) is 22.4. The van der Waals surface area contributed by atoms with E-state index in [1.807, 2.05) is 36.4 Å². The van der Waals surface area contributed by atoms with Crippen molar-refractivity contribution in [3.8, 4) is 5.75 Å². The summed E-state index contributed by atoms with van der Waals surface area (Å²) in [5.74, 6) is 0.280. The van der Waals surface area contributed by atoms with Gasteiger partial charge in [-0.15, -0.1) is 0 Å². The van der Waals surface area contributed by atoms with Gasteiger partial charge in [0.2, 0.25) is 5.91 Å².